The van der Waals surface area contributed by atoms with E-state index in [0.29, 0.717) is 17.1 Å². The van der Waals surface area contributed by atoms with Gasteiger partial charge in [-0.15, -0.1) is 0 Å². The van der Waals surface area contributed by atoms with Gasteiger partial charge in [-0.05, 0) is 43.5 Å². The molecule has 1 aliphatic carbocycles. The van der Waals surface area contributed by atoms with Gasteiger partial charge in [0.05, 0.1) is 5.56 Å². The van der Waals surface area contributed by atoms with Crippen LogP contribution < -0.4 is 9.47 Å². The predicted molar refractivity (Wildman–Crippen MR) is 91.2 cm³/mol. The second-order valence-electron chi connectivity index (χ2n) is 6.51. The lowest BCUT2D eigenvalue weighted by Gasteiger charge is -2.10. The Morgan fingerprint density at radius 1 is 1.33 bits per heavy atom. The third-order valence-electron chi connectivity index (χ3n) is 4.39. The fourth-order valence-corrected chi connectivity index (χ4v) is 2.97. The number of hydrogen-bond acceptors (Lipinski definition) is 4. The lowest BCUT2D eigenvalue weighted by atomic mass is 10.2. The molecule has 0 aliphatic heterocycles. The van der Waals surface area contributed by atoms with Crippen LogP contribution in [0.25, 0.3) is 5.65 Å². The van der Waals surface area contributed by atoms with Gasteiger partial charge in [-0.25, -0.2) is 18.6 Å². The van der Waals surface area contributed by atoms with Crippen LogP contribution in [0.5, 0.6) is 11.6 Å². The summed E-state index contributed by atoms with van der Waals surface area (Å²) >= 11 is 0. The Hall–Kier alpha value is -3.16. The van der Waals surface area contributed by atoms with Crippen molar-refractivity contribution in [1.29, 1.82) is 0 Å². The van der Waals surface area contributed by atoms with E-state index in [-0.39, 0.29) is 24.0 Å². The van der Waals surface area contributed by atoms with Crippen LogP contribution in [-0.2, 0) is 6.61 Å². The molecule has 0 radical (unpaired) electrons. The third-order valence-corrected chi connectivity index (χ3v) is 4.39. The van der Waals surface area contributed by atoms with E-state index in [9.17, 15) is 13.6 Å². The van der Waals surface area contributed by atoms with E-state index in [1.165, 1.54) is 10.5 Å². The molecule has 2 heterocycles. The van der Waals surface area contributed by atoms with Crippen molar-refractivity contribution in [2.24, 2.45) is 0 Å². The number of pyridine rings is 1. The van der Waals surface area contributed by atoms with Gasteiger partial charge in [-0.2, -0.15) is 0 Å². The summed E-state index contributed by atoms with van der Waals surface area (Å²) in [6.45, 7) is 1.47. The SMILES string of the molecule is Cc1cc(OCc2c(F)cccc2F)c2nc(C3CC3)c(OC(=O)O)n2c1. The van der Waals surface area contributed by atoms with Gasteiger partial charge in [-0.3, -0.25) is 4.40 Å². The first-order valence-corrected chi connectivity index (χ1v) is 8.43. The second-order valence-corrected chi connectivity index (χ2v) is 6.51. The molecule has 1 saturated carbocycles. The zero-order chi connectivity index (χ0) is 19.1. The van der Waals surface area contributed by atoms with Crippen molar-refractivity contribution in [3.8, 4) is 11.6 Å². The van der Waals surface area contributed by atoms with E-state index in [1.807, 2.05) is 0 Å². The van der Waals surface area contributed by atoms with E-state index >= 15 is 0 Å². The number of fused-ring (bicyclic) bond motifs is 1. The van der Waals surface area contributed by atoms with Crippen LogP contribution in [0.2, 0.25) is 0 Å². The van der Waals surface area contributed by atoms with Crippen LogP contribution in [0.3, 0.4) is 0 Å². The Morgan fingerprint density at radius 3 is 2.67 bits per heavy atom. The first kappa shape index (κ1) is 17.3. The minimum absolute atomic E-state index is 0.130. The highest BCUT2D eigenvalue weighted by molar-refractivity contribution is 5.65. The number of ether oxygens (including phenoxy) is 2. The number of carboxylic acid groups (broad SMARTS) is 1. The fraction of sp³-hybridized carbons (Fsp3) is 0.263. The maximum absolute atomic E-state index is 13.8. The van der Waals surface area contributed by atoms with Crippen LogP contribution in [0.4, 0.5) is 13.6 Å². The summed E-state index contributed by atoms with van der Waals surface area (Å²) < 4.78 is 39.8. The standard InChI is InChI=1S/C19H16F2N2O4/c1-10-7-15(26-9-12-13(20)3-2-4-14(12)21)17-22-16(11-5-6-11)18(23(17)8-10)27-19(24)25/h2-4,7-8,11H,5-6,9H2,1H3,(H,24,25). The summed E-state index contributed by atoms with van der Waals surface area (Å²) in [6.07, 6.45) is 2.05. The van der Waals surface area contributed by atoms with E-state index < -0.39 is 17.8 Å². The molecule has 0 saturated heterocycles. The molecule has 3 aromatic rings. The highest BCUT2D eigenvalue weighted by Gasteiger charge is 2.33. The van der Waals surface area contributed by atoms with Gasteiger partial charge in [0.1, 0.15) is 23.9 Å². The molecule has 0 bridgehead atoms. The number of aryl methyl sites for hydroxylation is 1. The van der Waals surface area contributed by atoms with Crippen molar-refractivity contribution in [3.63, 3.8) is 0 Å². The lowest BCUT2D eigenvalue weighted by molar-refractivity contribution is 0.141. The highest BCUT2D eigenvalue weighted by Crippen LogP contribution is 2.45. The van der Waals surface area contributed by atoms with E-state index in [1.54, 1.807) is 19.2 Å². The van der Waals surface area contributed by atoms with E-state index in [2.05, 4.69) is 4.98 Å². The van der Waals surface area contributed by atoms with Crippen molar-refractivity contribution in [1.82, 2.24) is 9.38 Å². The molecule has 1 fully saturated rings. The van der Waals surface area contributed by atoms with Gasteiger partial charge >= 0.3 is 6.16 Å². The van der Waals surface area contributed by atoms with Gasteiger partial charge in [0, 0.05) is 12.1 Å². The minimum Gasteiger partial charge on any atom is -0.485 e. The molecule has 6 nitrogen and oxygen atoms in total. The molecule has 1 aliphatic rings. The first-order chi connectivity index (χ1) is 12.9. The van der Waals surface area contributed by atoms with E-state index in [0.717, 1.165) is 30.5 Å². The number of benzene rings is 1. The van der Waals surface area contributed by atoms with Gasteiger partial charge in [0.25, 0.3) is 0 Å². The smallest absolute Gasteiger partial charge is 0.485 e. The molecule has 8 heteroatoms. The van der Waals surface area contributed by atoms with E-state index in [4.69, 9.17) is 14.6 Å². The van der Waals surface area contributed by atoms with Crippen molar-refractivity contribution in [2.75, 3.05) is 0 Å². The summed E-state index contributed by atoms with van der Waals surface area (Å²) in [5.41, 5.74) is 1.45. The summed E-state index contributed by atoms with van der Waals surface area (Å²) in [7, 11) is 0. The number of hydrogen-bond donors (Lipinski definition) is 1. The predicted octanol–water partition coefficient (Wildman–Crippen LogP) is 4.43. The molecule has 0 unspecified atom stereocenters. The van der Waals surface area contributed by atoms with Crippen molar-refractivity contribution < 1.29 is 28.2 Å². The minimum atomic E-state index is -1.43. The van der Waals surface area contributed by atoms with Gasteiger partial charge < -0.3 is 14.6 Å². The third kappa shape index (κ3) is 3.30. The van der Waals surface area contributed by atoms with Crippen LogP contribution in [0.15, 0.2) is 30.5 Å². The topological polar surface area (TPSA) is 73.1 Å². The Bertz CT molecular complexity index is 1020. The number of nitrogens with zero attached hydrogens (tertiary/aromatic N) is 2. The first-order valence-electron chi connectivity index (χ1n) is 8.43. The van der Waals surface area contributed by atoms with Crippen molar-refractivity contribution in [3.05, 3.63) is 58.9 Å². The monoisotopic (exact) mass is 374 g/mol. The summed E-state index contributed by atoms with van der Waals surface area (Å²) in [5, 5.41) is 9.05. The molecule has 0 spiro atoms. The maximum atomic E-state index is 13.8. The summed E-state index contributed by atoms with van der Waals surface area (Å²) in [5.74, 6) is -0.840. The number of halogens is 2. The zero-order valence-electron chi connectivity index (χ0n) is 14.4. The molecule has 140 valence electrons. The normalized spacial score (nSPS) is 13.7. The van der Waals surface area contributed by atoms with Crippen molar-refractivity contribution >= 4 is 11.8 Å². The average molecular weight is 374 g/mol. The van der Waals surface area contributed by atoms with Crippen molar-refractivity contribution in [2.45, 2.75) is 32.3 Å². The molecule has 27 heavy (non-hydrogen) atoms. The fourth-order valence-electron chi connectivity index (χ4n) is 2.97. The molecular formula is C19H16F2N2O4. The molecule has 1 aromatic carbocycles. The van der Waals surface area contributed by atoms with Gasteiger partial charge in [-0.1, -0.05) is 6.07 Å². The quantitative estimate of drug-likeness (QED) is 0.669. The Kier molecular flexibility index (Phi) is 4.18. The Labute approximate surface area is 153 Å². The molecule has 0 amide bonds. The van der Waals surface area contributed by atoms with Crippen LogP contribution in [-0.4, -0.2) is 20.6 Å². The lowest BCUT2D eigenvalue weighted by Crippen LogP contribution is -2.07. The average Bonchev–Trinajstić information content (AvgIpc) is 3.38. The number of rotatable bonds is 5. The molecule has 2 aromatic heterocycles. The number of carbonyl (C=O) groups is 1. The number of imidazole rings is 1. The number of aromatic nitrogens is 2. The molecular weight excluding hydrogens is 358 g/mol. The Morgan fingerprint density at radius 2 is 2.04 bits per heavy atom. The summed E-state index contributed by atoms with van der Waals surface area (Å²) in [4.78, 5) is 15.6. The zero-order valence-corrected chi connectivity index (χ0v) is 14.4. The van der Waals surface area contributed by atoms with Gasteiger partial charge in [0.2, 0.25) is 5.88 Å². The Balaban J connectivity index is 1.75. The summed E-state index contributed by atoms with van der Waals surface area (Å²) in [6, 6.07) is 5.29. The second kappa shape index (κ2) is 6.53. The van der Waals surface area contributed by atoms with Crippen LogP contribution in [0.1, 0.15) is 35.6 Å². The van der Waals surface area contributed by atoms with Gasteiger partial charge in [0.15, 0.2) is 11.4 Å². The highest BCUT2D eigenvalue weighted by atomic mass is 19.1. The molecule has 0 atom stereocenters. The van der Waals surface area contributed by atoms with Crippen LogP contribution >= 0.6 is 0 Å². The molecule has 1 N–H and O–H groups in total. The molecule has 4 rings (SSSR count). The van der Waals surface area contributed by atoms with Crippen LogP contribution in [0, 0.1) is 18.6 Å². The largest absolute Gasteiger partial charge is 0.512 e. The maximum Gasteiger partial charge on any atom is 0.512 e.